The largest absolute Gasteiger partial charge is 0.352 e. The van der Waals surface area contributed by atoms with Crippen molar-refractivity contribution in [2.24, 2.45) is 0 Å². The van der Waals surface area contributed by atoms with E-state index >= 15 is 0 Å². The van der Waals surface area contributed by atoms with Crippen LogP contribution in [0.1, 0.15) is 32.8 Å². The van der Waals surface area contributed by atoms with Gasteiger partial charge in [0.15, 0.2) is 0 Å². The van der Waals surface area contributed by atoms with Crippen LogP contribution in [0.2, 0.25) is 10.0 Å². The van der Waals surface area contributed by atoms with Gasteiger partial charge in [-0.05, 0) is 62.7 Å². The number of rotatable bonds is 9. The molecule has 0 heterocycles. The molecule has 0 aliphatic heterocycles. The highest BCUT2D eigenvalue weighted by atomic mass is 35.5. The Morgan fingerprint density at radius 2 is 1.72 bits per heavy atom. The molecule has 0 saturated heterocycles. The van der Waals surface area contributed by atoms with E-state index in [0.29, 0.717) is 28.8 Å². The number of hydrogen-bond donors (Lipinski definition) is 1. The molecule has 29 heavy (non-hydrogen) atoms. The van der Waals surface area contributed by atoms with Gasteiger partial charge in [-0.15, -0.1) is 11.8 Å². The van der Waals surface area contributed by atoms with Gasteiger partial charge >= 0.3 is 0 Å². The highest BCUT2D eigenvalue weighted by Crippen LogP contribution is 2.22. The van der Waals surface area contributed by atoms with Crippen molar-refractivity contribution in [2.75, 3.05) is 5.75 Å². The molecule has 1 atom stereocenters. The zero-order chi connectivity index (χ0) is 21.4. The monoisotopic (exact) mass is 452 g/mol. The summed E-state index contributed by atoms with van der Waals surface area (Å²) in [6, 6.07) is 14.3. The lowest BCUT2D eigenvalue weighted by Crippen LogP contribution is -2.49. The maximum absolute atomic E-state index is 13.0. The van der Waals surface area contributed by atoms with Crippen molar-refractivity contribution >= 4 is 46.8 Å². The van der Waals surface area contributed by atoms with Crippen LogP contribution in [-0.4, -0.2) is 34.6 Å². The van der Waals surface area contributed by atoms with Crippen molar-refractivity contribution in [3.05, 3.63) is 64.1 Å². The molecule has 0 radical (unpaired) electrons. The highest BCUT2D eigenvalue weighted by Gasteiger charge is 2.26. The zero-order valence-corrected chi connectivity index (χ0v) is 19.2. The first-order chi connectivity index (χ1) is 13.8. The molecule has 0 saturated carbocycles. The Bertz CT molecular complexity index is 828. The molecule has 2 aromatic carbocycles. The molecule has 0 bridgehead atoms. The predicted octanol–water partition coefficient (Wildman–Crippen LogP) is 5.42. The number of nitrogens with zero attached hydrogens (tertiary/aromatic N) is 1. The van der Waals surface area contributed by atoms with Gasteiger partial charge in [0.2, 0.25) is 11.8 Å². The summed E-state index contributed by atoms with van der Waals surface area (Å²) in [6.45, 7) is 5.89. The number of amides is 2. The van der Waals surface area contributed by atoms with Crippen molar-refractivity contribution in [3.8, 4) is 0 Å². The average molecular weight is 453 g/mol. The van der Waals surface area contributed by atoms with Gasteiger partial charge in [-0.1, -0.05) is 35.3 Å². The van der Waals surface area contributed by atoms with Gasteiger partial charge in [0.1, 0.15) is 6.04 Å². The van der Waals surface area contributed by atoms with E-state index in [4.69, 9.17) is 23.2 Å². The topological polar surface area (TPSA) is 49.4 Å². The number of nitrogens with one attached hydrogen (secondary N) is 1. The van der Waals surface area contributed by atoms with Gasteiger partial charge in [-0.3, -0.25) is 9.59 Å². The first-order valence-corrected chi connectivity index (χ1v) is 11.2. The highest BCUT2D eigenvalue weighted by molar-refractivity contribution is 7.99. The molecule has 1 unspecified atom stereocenters. The quantitative estimate of drug-likeness (QED) is 0.516. The van der Waals surface area contributed by atoms with Gasteiger partial charge in [-0.2, -0.15) is 0 Å². The number of carbonyl (C=O) groups is 2. The van der Waals surface area contributed by atoms with E-state index in [1.807, 2.05) is 56.3 Å². The first-order valence-electron chi connectivity index (χ1n) is 9.49. The molecule has 2 amide bonds. The summed E-state index contributed by atoms with van der Waals surface area (Å²) in [7, 11) is 0. The lowest BCUT2D eigenvalue weighted by atomic mass is 10.1. The van der Waals surface area contributed by atoms with Crippen LogP contribution in [0.25, 0.3) is 0 Å². The fourth-order valence-electron chi connectivity index (χ4n) is 2.75. The molecule has 0 spiro atoms. The number of thioether (sulfide) groups is 1. The van der Waals surface area contributed by atoms with E-state index in [2.05, 4.69) is 5.32 Å². The maximum atomic E-state index is 13.0. The summed E-state index contributed by atoms with van der Waals surface area (Å²) in [6.07, 6.45) is 0.327. The number of carbonyl (C=O) groups excluding carboxylic acids is 2. The van der Waals surface area contributed by atoms with E-state index in [9.17, 15) is 9.59 Å². The average Bonchev–Trinajstić information content (AvgIpc) is 2.66. The lowest BCUT2D eigenvalue weighted by molar-refractivity contribution is -0.140. The second kappa shape index (κ2) is 11.5. The van der Waals surface area contributed by atoms with Crippen LogP contribution in [0.5, 0.6) is 0 Å². The molecule has 7 heteroatoms. The van der Waals surface area contributed by atoms with Crippen LogP contribution in [-0.2, 0) is 16.1 Å². The third-order valence-electron chi connectivity index (χ3n) is 4.24. The van der Waals surface area contributed by atoms with Crippen LogP contribution in [0.3, 0.4) is 0 Å². The smallest absolute Gasteiger partial charge is 0.242 e. The Morgan fingerprint density at radius 1 is 1.03 bits per heavy atom. The van der Waals surface area contributed by atoms with E-state index in [-0.39, 0.29) is 17.9 Å². The minimum absolute atomic E-state index is 0.00790. The van der Waals surface area contributed by atoms with Crippen molar-refractivity contribution < 1.29 is 9.59 Å². The molecular weight excluding hydrogens is 427 g/mol. The number of benzene rings is 2. The Morgan fingerprint density at radius 3 is 2.34 bits per heavy atom. The minimum Gasteiger partial charge on any atom is -0.352 e. The van der Waals surface area contributed by atoms with Gasteiger partial charge in [0, 0.05) is 39.7 Å². The van der Waals surface area contributed by atoms with E-state index < -0.39 is 6.04 Å². The third-order valence-corrected chi connectivity index (χ3v) is 5.74. The molecule has 156 valence electrons. The van der Waals surface area contributed by atoms with Gasteiger partial charge in [0.05, 0.1) is 0 Å². The van der Waals surface area contributed by atoms with Crippen molar-refractivity contribution in [1.82, 2.24) is 10.2 Å². The molecule has 2 aromatic rings. The van der Waals surface area contributed by atoms with Crippen LogP contribution < -0.4 is 5.32 Å². The van der Waals surface area contributed by atoms with Gasteiger partial charge in [-0.25, -0.2) is 0 Å². The molecule has 2 rings (SSSR count). The predicted molar refractivity (Wildman–Crippen MR) is 122 cm³/mol. The standard InChI is InChI=1S/C22H26Cl2N2O2S/c1-15(2)25-22(28)16(3)26(14-17-5-4-6-19(24)13-17)21(27)11-12-29-20-9-7-18(23)8-10-20/h4-10,13,15-16H,11-12,14H2,1-3H3,(H,25,28). The molecule has 1 N–H and O–H groups in total. The molecule has 0 aliphatic carbocycles. The molecule has 0 aromatic heterocycles. The van der Waals surface area contributed by atoms with Crippen LogP contribution >= 0.6 is 35.0 Å². The second-order valence-electron chi connectivity index (χ2n) is 7.04. The van der Waals surface area contributed by atoms with E-state index in [1.54, 1.807) is 29.7 Å². The second-order valence-corrected chi connectivity index (χ2v) is 9.08. The SMILES string of the molecule is CC(C)NC(=O)C(C)N(Cc1cccc(Cl)c1)C(=O)CCSc1ccc(Cl)cc1. The maximum Gasteiger partial charge on any atom is 0.242 e. The summed E-state index contributed by atoms with van der Waals surface area (Å²) in [5.74, 6) is 0.379. The minimum atomic E-state index is -0.579. The van der Waals surface area contributed by atoms with Gasteiger partial charge in [0.25, 0.3) is 0 Å². The van der Waals surface area contributed by atoms with Crippen LogP contribution in [0, 0.1) is 0 Å². The summed E-state index contributed by atoms with van der Waals surface area (Å²) >= 11 is 13.6. The fourth-order valence-corrected chi connectivity index (χ4v) is 3.93. The van der Waals surface area contributed by atoms with Crippen molar-refractivity contribution in [2.45, 2.75) is 50.7 Å². The Kier molecular flexibility index (Phi) is 9.34. The summed E-state index contributed by atoms with van der Waals surface area (Å²) in [5.41, 5.74) is 0.889. The molecule has 0 aliphatic rings. The van der Waals surface area contributed by atoms with E-state index in [1.165, 1.54) is 0 Å². The van der Waals surface area contributed by atoms with Crippen molar-refractivity contribution in [1.29, 1.82) is 0 Å². The summed E-state index contributed by atoms with van der Waals surface area (Å²) < 4.78 is 0. The normalized spacial score (nSPS) is 11.9. The Hall–Kier alpha value is -1.69. The first kappa shape index (κ1) is 23.6. The molecule has 4 nitrogen and oxygen atoms in total. The Labute approximate surface area is 187 Å². The number of hydrogen-bond acceptors (Lipinski definition) is 3. The number of halogens is 2. The lowest BCUT2D eigenvalue weighted by Gasteiger charge is -2.29. The van der Waals surface area contributed by atoms with Crippen LogP contribution in [0.4, 0.5) is 0 Å². The fraction of sp³-hybridized carbons (Fsp3) is 0.364. The van der Waals surface area contributed by atoms with Gasteiger partial charge < -0.3 is 10.2 Å². The Balaban J connectivity index is 2.06. The third kappa shape index (κ3) is 7.92. The molecular formula is C22H26Cl2N2O2S. The molecule has 0 fully saturated rings. The van der Waals surface area contributed by atoms with Crippen LogP contribution in [0.15, 0.2) is 53.4 Å². The van der Waals surface area contributed by atoms with Crippen molar-refractivity contribution in [3.63, 3.8) is 0 Å². The zero-order valence-electron chi connectivity index (χ0n) is 16.8. The summed E-state index contributed by atoms with van der Waals surface area (Å²) in [4.78, 5) is 28.2. The summed E-state index contributed by atoms with van der Waals surface area (Å²) in [5, 5.41) is 4.17. The van der Waals surface area contributed by atoms with E-state index in [0.717, 1.165) is 10.5 Å².